The van der Waals surface area contributed by atoms with E-state index in [-0.39, 0.29) is 17.7 Å². The molecular formula is C16H20F3NO. The van der Waals surface area contributed by atoms with Gasteiger partial charge in [0.15, 0.2) is 5.78 Å². The molecule has 0 heterocycles. The molecule has 0 aromatic heterocycles. The van der Waals surface area contributed by atoms with Crippen LogP contribution in [0.4, 0.5) is 13.2 Å². The molecule has 0 radical (unpaired) electrons. The fourth-order valence-electron chi connectivity index (χ4n) is 3.00. The summed E-state index contributed by atoms with van der Waals surface area (Å²) in [5, 5.41) is 0. The Bertz CT molecular complexity index is 525. The SMILES string of the molecule is CCc1cc(C(F)(F)F)ccc1C(=O)C[C@H]1CCC[C@H]1N. The Balaban J connectivity index is 2.20. The fraction of sp³-hybridized carbons (Fsp3) is 0.562. The van der Waals surface area contributed by atoms with Crippen molar-refractivity contribution in [2.45, 2.75) is 51.2 Å². The molecule has 2 atom stereocenters. The van der Waals surface area contributed by atoms with Gasteiger partial charge in [-0.15, -0.1) is 0 Å². The van der Waals surface area contributed by atoms with Crippen molar-refractivity contribution in [1.29, 1.82) is 0 Å². The van der Waals surface area contributed by atoms with Crippen LogP contribution in [-0.4, -0.2) is 11.8 Å². The summed E-state index contributed by atoms with van der Waals surface area (Å²) in [4.78, 5) is 12.4. The molecule has 1 aliphatic carbocycles. The average Bonchev–Trinajstić information content (AvgIpc) is 2.82. The quantitative estimate of drug-likeness (QED) is 0.855. The number of hydrogen-bond acceptors (Lipinski definition) is 2. The summed E-state index contributed by atoms with van der Waals surface area (Å²) in [7, 11) is 0. The lowest BCUT2D eigenvalue weighted by molar-refractivity contribution is -0.137. The molecule has 1 aromatic carbocycles. The summed E-state index contributed by atoms with van der Waals surface area (Å²) in [6.07, 6.45) is -0.770. The molecule has 2 rings (SSSR count). The maximum absolute atomic E-state index is 12.7. The van der Waals surface area contributed by atoms with Crippen LogP contribution in [0, 0.1) is 5.92 Å². The van der Waals surface area contributed by atoms with Crippen LogP contribution < -0.4 is 5.73 Å². The van der Waals surface area contributed by atoms with Crippen LogP contribution in [0.2, 0.25) is 0 Å². The van der Waals surface area contributed by atoms with Gasteiger partial charge in [0.05, 0.1) is 5.56 Å². The number of rotatable bonds is 4. The second-order valence-corrected chi connectivity index (χ2v) is 5.71. The Kier molecular flexibility index (Phi) is 4.71. The minimum atomic E-state index is -4.38. The van der Waals surface area contributed by atoms with Crippen LogP contribution >= 0.6 is 0 Å². The third kappa shape index (κ3) is 3.64. The van der Waals surface area contributed by atoms with Crippen LogP contribution in [0.15, 0.2) is 18.2 Å². The summed E-state index contributed by atoms with van der Waals surface area (Å²) in [6.45, 7) is 1.76. The van der Waals surface area contributed by atoms with Crippen LogP contribution in [0.25, 0.3) is 0 Å². The van der Waals surface area contributed by atoms with E-state index in [9.17, 15) is 18.0 Å². The van der Waals surface area contributed by atoms with Gasteiger partial charge in [0.25, 0.3) is 0 Å². The molecule has 0 bridgehead atoms. The van der Waals surface area contributed by atoms with E-state index in [0.717, 1.165) is 31.4 Å². The van der Waals surface area contributed by atoms with Gasteiger partial charge < -0.3 is 5.73 Å². The molecule has 0 aliphatic heterocycles. The van der Waals surface area contributed by atoms with Crippen molar-refractivity contribution in [1.82, 2.24) is 0 Å². The molecule has 0 spiro atoms. The minimum Gasteiger partial charge on any atom is -0.327 e. The first-order valence-corrected chi connectivity index (χ1v) is 7.31. The van der Waals surface area contributed by atoms with E-state index in [4.69, 9.17) is 5.73 Å². The lowest BCUT2D eigenvalue weighted by Crippen LogP contribution is -2.26. The fourth-order valence-corrected chi connectivity index (χ4v) is 3.00. The Morgan fingerprint density at radius 3 is 2.57 bits per heavy atom. The molecule has 2 nitrogen and oxygen atoms in total. The molecule has 5 heteroatoms. The molecule has 0 unspecified atom stereocenters. The summed E-state index contributed by atoms with van der Waals surface area (Å²) in [6, 6.07) is 3.42. The number of Topliss-reactive ketones (excluding diaryl/α,β-unsaturated/α-hetero) is 1. The highest BCUT2D eigenvalue weighted by Crippen LogP contribution is 2.32. The average molecular weight is 299 g/mol. The molecule has 21 heavy (non-hydrogen) atoms. The summed E-state index contributed by atoms with van der Waals surface area (Å²) < 4.78 is 38.1. The van der Waals surface area contributed by atoms with Crippen molar-refractivity contribution in [3.63, 3.8) is 0 Å². The number of benzene rings is 1. The zero-order valence-electron chi connectivity index (χ0n) is 12.0. The van der Waals surface area contributed by atoms with Crippen LogP contribution in [0.3, 0.4) is 0 Å². The predicted octanol–water partition coefficient (Wildman–Crippen LogP) is 3.97. The molecule has 116 valence electrons. The van der Waals surface area contributed by atoms with Gasteiger partial charge in [-0.3, -0.25) is 4.79 Å². The first-order valence-electron chi connectivity index (χ1n) is 7.31. The number of halogens is 3. The van der Waals surface area contributed by atoms with E-state index >= 15 is 0 Å². The Morgan fingerprint density at radius 1 is 1.33 bits per heavy atom. The van der Waals surface area contributed by atoms with Gasteiger partial charge in [-0.05, 0) is 42.9 Å². The van der Waals surface area contributed by atoms with Crippen molar-refractivity contribution in [3.8, 4) is 0 Å². The van der Waals surface area contributed by atoms with Gasteiger partial charge >= 0.3 is 6.18 Å². The number of hydrogen-bond donors (Lipinski definition) is 1. The summed E-state index contributed by atoms with van der Waals surface area (Å²) in [5.74, 6) is 0.0624. The van der Waals surface area contributed by atoms with Gasteiger partial charge in [-0.25, -0.2) is 0 Å². The van der Waals surface area contributed by atoms with E-state index < -0.39 is 11.7 Å². The topological polar surface area (TPSA) is 43.1 Å². The van der Waals surface area contributed by atoms with Gasteiger partial charge in [-0.1, -0.05) is 19.4 Å². The molecule has 1 aliphatic rings. The molecular weight excluding hydrogens is 279 g/mol. The van der Waals surface area contributed by atoms with Gasteiger partial charge in [0, 0.05) is 18.0 Å². The van der Waals surface area contributed by atoms with Gasteiger partial charge in [-0.2, -0.15) is 13.2 Å². The monoisotopic (exact) mass is 299 g/mol. The highest BCUT2D eigenvalue weighted by molar-refractivity contribution is 5.97. The Morgan fingerprint density at radius 2 is 2.05 bits per heavy atom. The molecule has 0 saturated heterocycles. The summed E-state index contributed by atoms with van der Waals surface area (Å²) >= 11 is 0. The molecule has 1 fully saturated rings. The molecule has 0 amide bonds. The lowest BCUT2D eigenvalue weighted by Gasteiger charge is -2.16. The zero-order valence-corrected chi connectivity index (χ0v) is 12.0. The Labute approximate surface area is 122 Å². The van der Waals surface area contributed by atoms with E-state index in [1.165, 1.54) is 6.07 Å². The number of carbonyl (C=O) groups excluding carboxylic acids is 1. The first kappa shape index (κ1) is 16.0. The number of alkyl halides is 3. The van der Waals surface area contributed by atoms with E-state index in [0.29, 0.717) is 24.0 Å². The van der Waals surface area contributed by atoms with Crippen molar-refractivity contribution in [2.24, 2.45) is 11.7 Å². The maximum Gasteiger partial charge on any atom is 0.416 e. The highest BCUT2D eigenvalue weighted by Gasteiger charge is 2.32. The number of ketones is 1. The smallest absolute Gasteiger partial charge is 0.327 e. The second-order valence-electron chi connectivity index (χ2n) is 5.71. The van der Waals surface area contributed by atoms with E-state index in [2.05, 4.69) is 0 Å². The minimum absolute atomic E-state index is 0.0356. The first-order chi connectivity index (χ1) is 9.82. The van der Waals surface area contributed by atoms with Crippen molar-refractivity contribution >= 4 is 5.78 Å². The van der Waals surface area contributed by atoms with Crippen molar-refractivity contribution in [3.05, 3.63) is 34.9 Å². The largest absolute Gasteiger partial charge is 0.416 e. The van der Waals surface area contributed by atoms with Crippen molar-refractivity contribution < 1.29 is 18.0 Å². The van der Waals surface area contributed by atoms with Crippen molar-refractivity contribution in [2.75, 3.05) is 0 Å². The number of nitrogens with two attached hydrogens (primary N) is 1. The molecule has 1 saturated carbocycles. The normalized spacial score (nSPS) is 22.5. The summed E-state index contributed by atoms with van der Waals surface area (Å²) in [5.41, 5.74) is 6.12. The van der Waals surface area contributed by atoms with E-state index in [1.807, 2.05) is 0 Å². The van der Waals surface area contributed by atoms with Gasteiger partial charge in [0.2, 0.25) is 0 Å². The number of carbonyl (C=O) groups is 1. The van der Waals surface area contributed by atoms with Crippen LogP contribution in [-0.2, 0) is 12.6 Å². The van der Waals surface area contributed by atoms with Crippen LogP contribution in [0.5, 0.6) is 0 Å². The highest BCUT2D eigenvalue weighted by atomic mass is 19.4. The van der Waals surface area contributed by atoms with E-state index in [1.54, 1.807) is 6.92 Å². The van der Waals surface area contributed by atoms with Crippen LogP contribution in [0.1, 0.15) is 54.1 Å². The number of aryl methyl sites for hydroxylation is 1. The predicted molar refractivity (Wildman–Crippen MR) is 75.1 cm³/mol. The lowest BCUT2D eigenvalue weighted by atomic mass is 9.91. The third-order valence-corrected chi connectivity index (χ3v) is 4.28. The Hall–Kier alpha value is -1.36. The zero-order chi connectivity index (χ0) is 15.6. The van der Waals surface area contributed by atoms with Gasteiger partial charge in [0.1, 0.15) is 0 Å². The maximum atomic E-state index is 12.7. The third-order valence-electron chi connectivity index (χ3n) is 4.28. The second kappa shape index (κ2) is 6.18. The molecule has 2 N–H and O–H groups in total. The molecule has 1 aromatic rings. The standard InChI is InChI=1S/C16H20F3NO/c1-2-10-8-12(16(17,18)19)6-7-13(10)15(21)9-11-4-3-5-14(11)20/h6-8,11,14H,2-5,9,20H2,1H3/t11-,14-/m1/s1.